The molecule has 0 bridgehead atoms. The number of carbonyl (C=O) groups is 2. The Morgan fingerprint density at radius 1 is 1.33 bits per heavy atom. The van der Waals surface area contributed by atoms with Crippen molar-refractivity contribution in [2.75, 3.05) is 6.61 Å². The molecule has 0 spiro atoms. The fourth-order valence-corrected chi connectivity index (χ4v) is 2.97. The molecule has 2 aliphatic rings. The van der Waals surface area contributed by atoms with Crippen molar-refractivity contribution >= 4 is 11.9 Å². The molecule has 0 saturated carbocycles. The third kappa shape index (κ3) is 2.95. The van der Waals surface area contributed by atoms with Crippen LogP contribution in [-0.2, 0) is 19.1 Å². The number of allylic oxidation sites excluding steroid dienone is 2. The number of rotatable bonds is 3. The van der Waals surface area contributed by atoms with E-state index in [1.54, 1.807) is 27.7 Å². The summed E-state index contributed by atoms with van der Waals surface area (Å²) < 4.78 is 10.9. The quantitative estimate of drug-likeness (QED) is 0.774. The molecule has 2 rings (SSSR count). The van der Waals surface area contributed by atoms with E-state index < -0.39 is 23.6 Å². The molecule has 0 radical (unpaired) electrons. The first-order valence-corrected chi connectivity index (χ1v) is 7.04. The Morgan fingerprint density at radius 3 is 2.48 bits per heavy atom. The van der Waals surface area contributed by atoms with E-state index in [9.17, 15) is 14.7 Å². The van der Waals surface area contributed by atoms with Crippen molar-refractivity contribution < 1.29 is 24.2 Å². The molecule has 0 aliphatic carbocycles. The van der Waals surface area contributed by atoms with Gasteiger partial charge in [0.2, 0.25) is 5.79 Å². The molecule has 0 aromatic rings. The SMILES string of the molecule is CC1=C(C(=O)O)C(C)C(C(=O)OC2(C)CCCO2)=C(C)N1. The number of esters is 1. The first-order valence-electron chi connectivity index (χ1n) is 7.04. The van der Waals surface area contributed by atoms with E-state index in [0.717, 1.165) is 6.42 Å². The van der Waals surface area contributed by atoms with Gasteiger partial charge >= 0.3 is 11.9 Å². The number of carbonyl (C=O) groups excluding carboxylic acids is 1. The van der Waals surface area contributed by atoms with E-state index in [2.05, 4.69) is 5.32 Å². The van der Waals surface area contributed by atoms with E-state index in [4.69, 9.17) is 9.47 Å². The Bertz CT molecular complexity index is 540. The molecule has 0 aromatic carbocycles. The summed E-state index contributed by atoms with van der Waals surface area (Å²) in [5.41, 5.74) is 1.70. The predicted octanol–water partition coefficient (Wildman–Crippen LogP) is 1.93. The summed E-state index contributed by atoms with van der Waals surface area (Å²) in [6.45, 7) is 7.43. The van der Waals surface area contributed by atoms with Crippen LogP contribution in [0.3, 0.4) is 0 Å². The monoisotopic (exact) mass is 295 g/mol. The van der Waals surface area contributed by atoms with Crippen molar-refractivity contribution in [1.82, 2.24) is 5.32 Å². The maximum atomic E-state index is 12.4. The van der Waals surface area contributed by atoms with Crippen LogP contribution in [0.15, 0.2) is 22.5 Å². The van der Waals surface area contributed by atoms with Crippen molar-refractivity contribution in [3.05, 3.63) is 22.5 Å². The standard InChI is InChI=1S/C15H21NO5/c1-8-11(13(17)18)9(2)16-10(3)12(8)14(19)21-15(4)6-5-7-20-15/h8,16H,5-7H2,1-4H3,(H,17,18). The number of dihydropyridines is 1. The second-order valence-corrected chi connectivity index (χ2v) is 5.70. The van der Waals surface area contributed by atoms with Crippen LogP contribution < -0.4 is 5.32 Å². The van der Waals surface area contributed by atoms with Gasteiger partial charge in [0, 0.05) is 30.7 Å². The van der Waals surface area contributed by atoms with Crippen LogP contribution in [0.5, 0.6) is 0 Å². The van der Waals surface area contributed by atoms with Gasteiger partial charge < -0.3 is 19.9 Å². The lowest BCUT2D eigenvalue weighted by Crippen LogP contribution is -2.36. The van der Waals surface area contributed by atoms with Gasteiger partial charge in [-0.1, -0.05) is 6.92 Å². The molecule has 2 unspecified atom stereocenters. The number of carboxylic acid groups (broad SMARTS) is 1. The molecular formula is C15H21NO5. The van der Waals surface area contributed by atoms with Crippen LogP contribution in [0.4, 0.5) is 0 Å². The maximum absolute atomic E-state index is 12.4. The van der Waals surface area contributed by atoms with Crippen LogP contribution in [0.2, 0.25) is 0 Å². The van der Waals surface area contributed by atoms with Crippen molar-refractivity contribution in [2.45, 2.75) is 46.3 Å². The number of carboxylic acids is 1. The first kappa shape index (κ1) is 15.6. The highest BCUT2D eigenvalue weighted by Crippen LogP contribution is 2.33. The fraction of sp³-hybridized carbons (Fsp3) is 0.600. The zero-order valence-corrected chi connectivity index (χ0v) is 12.8. The summed E-state index contributed by atoms with van der Waals surface area (Å²) in [6.07, 6.45) is 1.49. The van der Waals surface area contributed by atoms with E-state index in [-0.39, 0.29) is 5.57 Å². The molecule has 2 atom stereocenters. The van der Waals surface area contributed by atoms with Crippen LogP contribution in [-0.4, -0.2) is 29.4 Å². The zero-order chi connectivity index (χ0) is 15.8. The fourth-order valence-electron chi connectivity index (χ4n) is 2.97. The van der Waals surface area contributed by atoms with Gasteiger partial charge in [-0.2, -0.15) is 0 Å². The molecule has 1 saturated heterocycles. The summed E-state index contributed by atoms with van der Waals surface area (Å²) in [4.78, 5) is 23.8. The van der Waals surface area contributed by atoms with Gasteiger partial charge in [0.1, 0.15) is 0 Å². The summed E-state index contributed by atoms with van der Waals surface area (Å²) in [5.74, 6) is -3.00. The van der Waals surface area contributed by atoms with Crippen molar-refractivity contribution in [2.24, 2.45) is 5.92 Å². The highest BCUT2D eigenvalue weighted by molar-refractivity contribution is 5.97. The van der Waals surface area contributed by atoms with Gasteiger partial charge in [-0.15, -0.1) is 0 Å². The Kier molecular flexibility index (Phi) is 4.09. The third-order valence-electron chi connectivity index (χ3n) is 3.99. The second-order valence-electron chi connectivity index (χ2n) is 5.70. The van der Waals surface area contributed by atoms with Crippen LogP contribution >= 0.6 is 0 Å². The molecule has 0 amide bonds. The molecule has 1 fully saturated rings. The lowest BCUT2D eigenvalue weighted by Gasteiger charge is -2.30. The smallest absolute Gasteiger partial charge is 0.338 e. The summed E-state index contributed by atoms with van der Waals surface area (Å²) in [7, 11) is 0. The Morgan fingerprint density at radius 2 is 1.95 bits per heavy atom. The van der Waals surface area contributed by atoms with Crippen molar-refractivity contribution in [1.29, 1.82) is 0 Å². The molecule has 21 heavy (non-hydrogen) atoms. The van der Waals surface area contributed by atoms with E-state index in [0.29, 0.717) is 30.0 Å². The molecule has 6 nitrogen and oxygen atoms in total. The normalized spacial score (nSPS) is 29.4. The van der Waals surface area contributed by atoms with Gasteiger partial charge in [0.25, 0.3) is 0 Å². The highest BCUT2D eigenvalue weighted by atomic mass is 16.7. The molecule has 2 heterocycles. The molecule has 2 N–H and O–H groups in total. The Labute approximate surface area is 123 Å². The van der Waals surface area contributed by atoms with Gasteiger partial charge in [0.05, 0.1) is 17.8 Å². The minimum Gasteiger partial charge on any atom is -0.478 e. The van der Waals surface area contributed by atoms with E-state index in [1.807, 2.05) is 0 Å². The molecular weight excluding hydrogens is 274 g/mol. The number of hydrogen-bond donors (Lipinski definition) is 2. The topological polar surface area (TPSA) is 84.9 Å². The highest BCUT2D eigenvalue weighted by Gasteiger charge is 2.38. The van der Waals surface area contributed by atoms with Gasteiger partial charge in [-0.05, 0) is 20.3 Å². The van der Waals surface area contributed by atoms with E-state index >= 15 is 0 Å². The molecule has 2 aliphatic heterocycles. The minimum atomic E-state index is -1.03. The van der Waals surface area contributed by atoms with Crippen LogP contribution in [0.25, 0.3) is 0 Å². The summed E-state index contributed by atoms with van der Waals surface area (Å²) in [5, 5.41) is 12.2. The maximum Gasteiger partial charge on any atom is 0.338 e. The van der Waals surface area contributed by atoms with Gasteiger partial charge in [-0.25, -0.2) is 9.59 Å². The number of nitrogens with one attached hydrogen (secondary N) is 1. The van der Waals surface area contributed by atoms with Crippen LogP contribution in [0, 0.1) is 5.92 Å². The summed E-state index contributed by atoms with van der Waals surface area (Å²) in [6, 6.07) is 0. The van der Waals surface area contributed by atoms with Crippen molar-refractivity contribution in [3.63, 3.8) is 0 Å². The number of ether oxygens (including phenoxy) is 2. The first-order chi connectivity index (χ1) is 9.75. The van der Waals surface area contributed by atoms with Crippen LogP contribution in [0.1, 0.15) is 40.5 Å². The van der Waals surface area contributed by atoms with Gasteiger partial charge in [0.15, 0.2) is 0 Å². The zero-order valence-electron chi connectivity index (χ0n) is 12.8. The second kappa shape index (κ2) is 5.52. The largest absolute Gasteiger partial charge is 0.478 e. The van der Waals surface area contributed by atoms with E-state index in [1.165, 1.54) is 0 Å². The molecule has 0 aromatic heterocycles. The lowest BCUT2D eigenvalue weighted by atomic mass is 9.87. The number of hydrogen-bond acceptors (Lipinski definition) is 5. The minimum absolute atomic E-state index is 0.185. The van der Waals surface area contributed by atoms with Gasteiger partial charge in [-0.3, -0.25) is 0 Å². The predicted molar refractivity (Wildman–Crippen MR) is 75.0 cm³/mol. The summed E-state index contributed by atoms with van der Waals surface area (Å²) >= 11 is 0. The lowest BCUT2D eigenvalue weighted by molar-refractivity contribution is -0.202. The Balaban J connectivity index is 2.24. The third-order valence-corrected chi connectivity index (χ3v) is 3.99. The Hall–Kier alpha value is -1.82. The number of aliphatic carboxylic acids is 1. The average molecular weight is 295 g/mol. The molecule has 116 valence electrons. The van der Waals surface area contributed by atoms with Crippen molar-refractivity contribution in [3.8, 4) is 0 Å². The molecule has 6 heteroatoms. The average Bonchev–Trinajstić information content (AvgIpc) is 2.73.